The number of aryl methyl sites for hydroxylation is 1. The van der Waals surface area contributed by atoms with Crippen molar-refractivity contribution in [1.82, 2.24) is 34.8 Å². The second-order valence-electron chi connectivity index (χ2n) is 8.72. The Morgan fingerprint density at radius 3 is 2.59 bits per heavy atom. The predicted octanol–water partition coefficient (Wildman–Crippen LogP) is 2.35. The van der Waals surface area contributed by atoms with Gasteiger partial charge in [-0.25, -0.2) is 24.1 Å². The first-order valence-corrected chi connectivity index (χ1v) is 12.0. The number of rotatable bonds is 7. The largest absolute Gasteiger partial charge is 0.478 e. The van der Waals surface area contributed by atoms with Gasteiger partial charge >= 0.3 is 11.7 Å². The lowest BCUT2D eigenvalue weighted by molar-refractivity contribution is 0.0696. The van der Waals surface area contributed by atoms with Crippen LogP contribution in [-0.2, 0) is 13.6 Å². The van der Waals surface area contributed by atoms with E-state index in [1.165, 1.54) is 27.2 Å². The summed E-state index contributed by atoms with van der Waals surface area (Å²) in [5, 5.41) is 21.2. The average Bonchev–Trinajstić information content (AvgIpc) is 3.44. The minimum absolute atomic E-state index is 0.0334. The number of aromatic carboxylic acids is 1. The first kappa shape index (κ1) is 25.5. The zero-order valence-electron chi connectivity index (χ0n) is 20.6. The summed E-state index contributed by atoms with van der Waals surface area (Å²) < 4.78 is 7.94. The SMILES string of the molecule is C[C@H](NC(=O)c1cc(C(=O)NCc2ccc3oc(=O)n(C)c3c2)n2c(=S)[nH]nc2n1)c1ccc(C(=O)O)cc1. The van der Waals surface area contributed by atoms with Crippen LogP contribution in [0, 0.1) is 4.77 Å². The summed E-state index contributed by atoms with van der Waals surface area (Å²) in [6, 6.07) is 12.0. The molecule has 0 saturated carbocycles. The monoisotopic (exact) mass is 547 g/mol. The molecule has 5 aromatic rings. The third kappa shape index (κ3) is 4.92. The maximum absolute atomic E-state index is 13.2. The van der Waals surface area contributed by atoms with E-state index in [0.717, 1.165) is 0 Å². The Morgan fingerprint density at radius 1 is 1.13 bits per heavy atom. The second-order valence-corrected chi connectivity index (χ2v) is 9.11. The van der Waals surface area contributed by atoms with Crippen molar-refractivity contribution in [3.63, 3.8) is 0 Å². The van der Waals surface area contributed by atoms with Crippen LogP contribution >= 0.6 is 12.2 Å². The minimum atomic E-state index is -1.05. The Kier molecular flexibility index (Phi) is 6.54. The van der Waals surface area contributed by atoms with Crippen LogP contribution in [0.25, 0.3) is 16.9 Å². The fourth-order valence-corrected chi connectivity index (χ4v) is 4.25. The second kappa shape index (κ2) is 9.98. The van der Waals surface area contributed by atoms with Crippen molar-refractivity contribution in [2.45, 2.75) is 19.5 Å². The van der Waals surface area contributed by atoms with Gasteiger partial charge in [-0.1, -0.05) is 18.2 Å². The molecule has 0 unspecified atom stereocenters. The number of carbonyl (C=O) groups is 3. The molecule has 0 aliphatic rings. The van der Waals surface area contributed by atoms with Crippen molar-refractivity contribution in [2.75, 3.05) is 0 Å². The van der Waals surface area contributed by atoms with E-state index in [2.05, 4.69) is 25.8 Å². The molecule has 1 atom stereocenters. The smallest absolute Gasteiger partial charge is 0.419 e. The van der Waals surface area contributed by atoms with E-state index < -0.39 is 29.6 Å². The van der Waals surface area contributed by atoms with Crippen LogP contribution in [0.4, 0.5) is 0 Å². The van der Waals surface area contributed by atoms with Crippen LogP contribution in [0.15, 0.2) is 57.7 Å². The van der Waals surface area contributed by atoms with Crippen molar-refractivity contribution in [3.05, 3.63) is 91.9 Å². The molecular weight excluding hydrogens is 526 g/mol. The van der Waals surface area contributed by atoms with Gasteiger partial charge in [-0.3, -0.25) is 14.2 Å². The van der Waals surface area contributed by atoms with E-state index in [0.29, 0.717) is 22.2 Å². The molecule has 198 valence electrons. The van der Waals surface area contributed by atoms with E-state index in [1.807, 2.05) is 0 Å². The van der Waals surface area contributed by atoms with Crippen LogP contribution in [0.2, 0.25) is 0 Å². The molecule has 0 radical (unpaired) electrons. The van der Waals surface area contributed by atoms with E-state index in [-0.39, 0.29) is 34.0 Å². The van der Waals surface area contributed by atoms with Gasteiger partial charge in [0.1, 0.15) is 11.4 Å². The molecule has 0 fully saturated rings. The van der Waals surface area contributed by atoms with Crippen LogP contribution in [0.1, 0.15) is 55.4 Å². The van der Waals surface area contributed by atoms with Gasteiger partial charge in [0.05, 0.1) is 17.1 Å². The number of fused-ring (bicyclic) bond motifs is 2. The zero-order chi connectivity index (χ0) is 27.8. The number of H-pyrrole nitrogens is 1. The highest BCUT2D eigenvalue weighted by atomic mass is 32.1. The van der Waals surface area contributed by atoms with Crippen LogP contribution in [0.5, 0.6) is 0 Å². The molecule has 0 aliphatic heterocycles. The van der Waals surface area contributed by atoms with Crippen LogP contribution in [-0.4, -0.2) is 47.0 Å². The van der Waals surface area contributed by atoms with Gasteiger partial charge < -0.3 is 20.2 Å². The quantitative estimate of drug-likeness (QED) is 0.223. The Balaban J connectivity index is 1.38. The number of oxazole rings is 1. The van der Waals surface area contributed by atoms with E-state index in [1.54, 1.807) is 44.3 Å². The number of aromatic amines is 1. The molecule has 4 N–H and O–H groups in total. The Labute approximate surface area is 224 Å². The topological polar surface area (TPSA) is 177 Å². The van der Waals surface area contributed by atoms with Crippen LogP contribution in [0.3, 0.4) is 0 Å². The lowest BCUT2D eigenvalue weighted by atomic mass is 10.1. The van der Waals surface area contributed by atoms with E-state index in [4.69, 9.17) is 21.7 Å². The van der Waals surface area contributed by atoms with Crippen molar-refractivity contribution in [1.29, 1.82) is 0 Å². The molecule has 3 aromatic heterocycles. The summed E-state index contributed by atoms with van der Waals surface area (Å²) in [6.45, 7) is 1.85. The normalized spacial score (nSPS) is 11.9. The number of aromatic nitrogens is 5. The molecule has 0 saturated heterocycles. The number of nitrogens with one attached hydrogen (secondary N) is 3. The van der Waals surface area contributed by atoms with Gasteiger partial charge in [0.15, 0.2) is 5.58 Å². The van der Waals surface area contributed by atoms with Crippen molar-refractivity contribution < 1.29 is 23.9 Å². The molecule has 13 nitrogen and oxygen atoms in total. The maximum Gasteiger partial charge on any atom is 0.419 e. The average molecular weight is 548 g/mol. The minimum Gasteiger partial charge on any atom is -0.478 e. The summed E-state index contributed by atoms with van der Waals surface area (Å²) >= 11 is 5.25. The fraction of sp³-hybridized carbons (Fsp3) is 0.160. The molecule has 3 heterocycles. The van der Waals surface area contributed by atoms with Gasteiger partial charge in [0.2, 0.25) is 4.77 Å². The predicted molar refractivity (Wildman–Crippen MR) is 140 cm³/mol. The Bertz CT molecular complexity index is 1880. The van der Waals surface area contributed by atoms with Gasteiger partial charge in [-0.2, -0.15) is 0 Å². The third-order valence-corrected chi connectivity index (χ3v) is 6.44. The fourth-order valence-electron chi connectivity index (χ4n) is 4.02. The van der Waals surface area contributed by atoms with Crippen molar-refractivity contribution in [3.8, 4) is 0 Å². The molecular formula is C25H21N7O6S. The maximum atomic E-state index is 13.2. The number of hydrogen-bond donors (Lipinski definition) is 4. The Hall–Kier alpha value is -5.11. The molecule has 0 aliphatic carbocycles. The number of carbonyl (C=O) groups excluding carboxylic acids is 2. The highest BCUT2D eigenvalue weighted by molar-refractivity contribution is 7.71. The van der Waals surface area contributed by atoms with Crippen LogP contribution < -0.4 is 16.4 Å². The van der Waals surface area contributed by atoms with Gasteiger partial charge in [-0.05, 0) is 60.6 Å². The van der Waals surface area contributed by atoms with Gasteiger partial charge in [0, 0.05) is 13.6 Å². The molecule has 14 heteroatoms. The molecule has 5 rings (SSSR count). The summed E-state index contributed by atoms with van der Waals surface area (Å²) in [4.78, 5) is 53.3. The number of amides is 2. The summed E-state index contributed by atoms with van der Waals surface area (Å²) in [6.07, 6.45) is 0. The molecule has 0 bridgehead atoms. The summed E-state index contributed by atoms with van der Waals surface area (Å²) in [7, 11) is 1.59. The van der Waals surface area contributed by atoms with E-state index >= 15 is 0 Å². The number of hydrogen-bond acceptors (Lipinski definition) is 8. The molecule has 2 amide bonds. The summed E-state index contributed by atoms with van der Waals surface area (Å²) in [5.74, 6) is -2.61. The lowest BCUT2D eigenvalue weighted by Gasteiger charge is -2.15. The molecule has 0 spiro atoms. The molecule has 2 aromatic carbocycles. The van der Waals surface area contributed by atoms with Gasteiger partial charge in [-0.15, -0.1) is 5.10 Å². The number of carboxylic acids is 1. The number of benzene rings is 2. The Morgan fingerprint density at radius 2 is 1.87 bits per heavy atom. The van der Waals surface area contributed by atoms with Crippen molar-refractivity contribution >= 4 is 46.9 Å². The first-order valence-electron chi connectivity index (χ1n) is 11.6. The lowest BCUT2D eigenvalue weighted by Crippen LogP contribution is -2.30. The highest BCUT2D eigenvalue weighted by Crippen LogP contribution is 2.17. The first-order chi connectivity index (χ1) is 18.6. The van der Waals surface area contributed by atoms with E-state index in [9.17, 15) is 19.2 Å². The zero-order valence-corrected chi connectivity index (χ0v) is 21.4. The highest BCUT2D eigenvalue weighted by Gasteiger charge is 2.20. The number of nitrogens with zero attached hydrogens (tertiary/aromatic N) is 4. The third-order valence-electron chi connectivity index (χ3n) is 6.17. The molecule has 39 heavy (non-hydrogen) atoms. The van der Waals surface area contributed by atoms with Crippen molar-refractivity contribution in [2.24, 2.45) is 7.05 Å². The summed E-state index contributed by atoms with van der Waals surface area (Å²) in [5.41, 5.74) is 2.52. The van der Waals surface area contributed by atoms with Gasteiger partial charge in [0.25, 0.3) is 17.6 Å². The number of carboxylic acid groups (broad SMARTS) is 1. The standard InChI is InChI=1S/C25H21N7O6S/c1-12(14-4-6-15(7-5-14)22(35)36)27-20(33)16-10-18(32-23(28-16)29-30-24(32)39)21(34)26-11-13-3-8-19-17(9-13)31(2)25(37)38-19/h3-10,12H,11H2,1-2H3,(H,26,34)(H,27,33)(H,30,39)(H,35,36)/t12-/m0/s1.